The van der Waals surface area contributed by atoms with Gasteiger partial charge in [-0.25, -0.2) is 0 Å². The third kappa shape index (κ3) is 17.3. The number of rotatable bonds is 17. The van der Waals surface area contributed by atoms with E-state index in [-0.39, 0.29) is 19.0 Å². The molecule has 0 amide bonds. The van der Waals surface area contributed by atoms with E-state index in [2.05, 4.69) is 6.92 Å². The van der Waals surface area contributed by atoms with Gasteiger partial charge in [0.1, 0.15) is 0 Å². The summed E-state index contributed by atoms with van der Waals surface area (Å²) >= 11 is 0. The van der Waals surface area contributed by atoms with Crippen LogP contribution in [0.15, 0.2) is 0 Å². The lowest BCUT2D eigenvalue weighted by Gasteiger charge is -2.12. The van der Waals surface area contributed by atoms with Gasteiger partial charge in [0, 0.05) is 19.0 Å². The molecule has 5 nitrogen and oxygen atoms in total. The molecule has 0 saturated carbocycles. The van der Waals surface area contributed by atoms with Crippen LogP contribution < -0.4 is 5.11 Å². The number of aliphatic hydroxyl groups excluding tert-OH is 1. The lowest BCUT2D eigenvalue weighted by Crippen LogP contribution is -2.21. The minimum absolute atomic E-state index is 0.112. The summed E-state index contributed by atoms with van der Waals surface area (Å²) in [5, 5.41) is 18.9. The smallest absolute Gasteiger partial charge is 0.305 e. The van der Waals surface area contributed by atoms with E-state index in [0.29, 0.717) is 25.4 Å². The van der Waals surface area contributed by atoms with E-state index < -0.39 is 5.97 Å². The highest BCUT2D eigenvalue weighted by molar-refractivity contribution is 5.69. The Labute approximate surface area is 146 Å². The molecule has 0 fully saturated rings. The van der Waals surface area contributed by atoms with Gasteiger partial charge in [-0.15, -0.1) is 0 Å². The van der Waals surface area contributed by atoms with Crippen LogP contribution in [-0.2, 0) is 14.3 Å². The van der Waals surface area contributed by atoms with Crippen LogP contribution in [0.4, 0.5) is 0 Å². The topological polar surface area (TPSA) is 86.7 Å². The summed E-state index contributed by atoms with van der Waals surface area (Å²) in [6.45, 7) is 2.88. The van der Waals surface area contributed by atoms with Gasteiger partial charge in [-0.3, -0.25) is 4.79 Å². The number of ether oxygens (including phenoxy) is 1. The number of hydrogen-bond donors (Lipinski definition) is 1. The number of aliphatic hydroxyl groups is 1. The average molecular weight is 343 g/mol. The molecule has 0 aliphatic rings. The third-order valence-electron chi connectivity index (χ3n) is 4.15. The van der Waals surface area contributed by atoms with Crippen LogP contribution in [0.5, 0.6) is 0 Å². The highest BCUT2D eigenvalue weighted by atomic mass is 16.5. The molecule has 0 spiro atoms. The molecular weight excluding hydrogens is 308 g/mol. The predicted molar refractivity (Wildman–Crippen MR) is 92.2 cm³/mol. The monoisotopic (exact) mass is 343 g/mol. The van der Waals surface area contributed by atoms with Crippen LogP contribution >= 0.6 is 0 Å². The van der Waals surface area contributed by atoms with Gasteiger partial charge in [0.25, 0.3) is 0 Å². The van der Waals surface area contributed by atoms with Crippen molar-refractivity contribution in [3.8, 4) is 0 Å². The molecule has 0 heterocycles. The number of hydrogen-bond acceptors (Lipinski definition) is 5. The van der Waals surface area contributed by atoms with Crippen LogP contribution in [0.1, 0.15) is 90.4 Å². The summed E-state index contributed by atoms with van der Waals surface area (Å²) in [7, 11) is 0. The Kier molecular flexibility index (Phi) is 16.0. The number of unbranched alkanes of at least 4 members (excludes halogenated alkanes) is 8. The maximum absolute atomic E-state index is 11.7. The van der Waals surface area contributed by atoms with E-state index >= 15 is 0 Å². The molecule has 0 bridgehead atoms. The highest BCUT2D eigenvalue weighted by Crippen LogP contribution is 2.12. The van der Waals surface area contributed by atoms with E-state index in [0.717, 1.165) is 64.2 Å². The second kappa shape index (κ2) is 16.7. The summed E-state index contributed by atoms with van der Waals surface area (Å²) in [5.74, 6) is -0.692. The van der Waals surface area contributed by atoms with Crippen molar-refractivity contribution in [1.82, 2.24) is 0 Å². The molecule has 0 aromatic rings. The number of esters is 1. The Morgan fingerprint density at radius 2 is 1.42 bits per heavy atom. The molecule has 0 radical (unpaired) electrons. The number of carboxylic acid groups (broad SMARTS) is 1. The van der Waals surface area contributed by atoms with Gasteiger partial charge in [0.15, 0.2) is 0 Å². The number of aliphatic carboxylic acids is 1. The largest absolute Gasteiger partial charge is 0.550 e. The second-order valence-electron chi connectivity index (χ2n) is 6.71. The van der Waals surface area contributed by atoms with Crippen LogP contribution in [0.25, 0.3) is 0 Å². The van der Waals surface area contributed by atoms with E-state index in [1.165, 1.54) is 0 Å². The van der Waals surface area contributed by atoms with Gasteiger partial charge in [-0.1, -0.05) is 51.9 Å². The molecule has 24 heavy (non-hydrogen) atoms. The van der Waals surface area contributed by atoms with Crippen LogP contribution in [0.2, 0.25) is 0 Å². The zero-order valence-corrected chi connectivity index (χ0v) is 15.3. The standard InChI is InChI=1S/C19H36O5/c1-17(12-8-6-7-11-15-20)16-24-19(23)14-10-5-3-2-4-9-13-18(21)22/h17,20H,2-16H2,1H3,(H,21,22)/p-1. The molecule has 0 saturated heterocycles. The van der Waals surface area contributed by atoms with E-state index in [1.54, 1.807) is 0 Å². The molecule has 0 aromatic heterocycles. The first-order chi connectivity index (χ1) is 11.6. The Balaban J connectivity index is 3.35. The minimum Gasteiger partial charge on any atom is -0.550 e. The van der Waals surface area contributed by atoms with Crippen molar-refractivity contribution < 1.29 is 24.5 Å². The fourth-order valence-corrected chi connectivity index (χ4v) is 2.59. The first-order valence-corrected chi connectivity index (χ1v) is 9.52. The number of carbonyl (C=O) groups is 2. The van der Waals surface area contributed by atoms with Crippen LogP contribution in [0, 0.1) is 5.92 Å². The van der Waals surface area contributed by atoms with Gasteiger partial charge < -0.3 is 19.7 Å². The Morgan fingerprint density at radius 3 is 2.04 bits per heavy atom. The van der Waals surface area contributed by atoms with Gasteiger partial charge >= 0.3 is 5.97 Å². The lowest BCUT2D eigenvalue weighted by molar-refractivity contribution is -0.305. The van der Waals surface area contributed by atoms with Gasteiger partial charge in [-0.05, 0) is 38.0 Å². The Hall–Kier alpha value is -1.10. The zero-order valence-electron chi connectivity index (χ0n) is 15.3. The summed E-state index contributed by atoms with van der Waals surface area (Å²) in [4.78, 5) is 21.9. The molecular formula is C19H35O5-. The molecule has 142 valence electrons. The van der Waals surface area contributed by atoms with Crippen LogP contribution in [0.3, 0.4) is 0 Å². The van der Waals surface area contributed by atoms with E-state index in [4.69, 9.17) is 9.84 Å². The summed E-state index contributed by atoms with van der Waals surface area (Å²) in [6.07, 6.45) is 11.3. The van der Waals surface area contributed by atoms with Crippen molar-refractivity contribution in [3.05, 3.63) is 0 Å². The van der Waals surface area contributed by atoms with Crippen molar-refractivity contribution in [3.63, 3.8) is 0 Å². The zero-order chi connectivity index (χ0) is 18.0. The molecule has 1 unspecified atom stereocenters. The van der Waals surface area contributed by atoms with Gasteiger partial charge in [0.2, 0.25) is 0 Å². The van der Waals surface area contributed by atoms with E-state index in [9.17, 15) is 14.7 Å². The normalized spacial score (nSPS) is 12.1. The molecule has 5 heteroatoms. The predicted octanol–water partition coefficient (Wildman–Crippen LogP) is 2.98. The number of carbonyl (C=O) groups excluding carboxylic acids is 2. The van der Waals surface area contributed by atoms with Crippen LogP contribution in [-0.4, -0.2) is 30.3 Å². The summed E-state index contributed by atoms with van der Waals surface area (Å²) in [6, 6.07) is 0. The SMILES string of the molecule is CC(CCCCCCO)COC(=O)CCCCCCCCC(=O)[O-]. The van der Waals surface area contributed by atoms with Gasteiger partial charge in [0.05, 0.1) is 6.61 Å². The van der Waals surface area contributed by atoms with E-state index in [1.807, 2.05) is 0 Å². The van der Waals surface area contributed by atoms with Crippen molar-refractivity contribution in [2.75, 3.05) is 13.2 Å². The van der Waals surface area contributed by atoms with Gasteiger partial charge in [-0.2, -0.15) is 0 Å². The second-order valence-corrected chi connectivity index (χ2v) is 6.71. The maximum Gasteiger partial charge on any atom is 0.305 e. The molecule has 0 aliphatic carbocycles. The molecule has 0 rings (SSSR count). The average Bonchev–Trinajstić information content (AvgIpc) is 2.55. The Bertz CT molecular complexity index is 317. The molecule has 0 aliphatic heterocycles. The maximum atomic E-state index is 11.7. The first kappa shape index (κ1) is 22.9. The first-order valence-electron chi connectivity index (χ1n) is 9.52. The number of carboxylic acids is 1. The Morgan fingerprint density at radius 1 is 0.875 bits per heavy atom. The van der Waals surface area contributed by atoms with Crippen molar-refractivity contribution in [1.29, 1.82) is 0 Å². The fourth-order valence-electron chi connectivity index (χ4n) is 2.59. The molecule has 1 N–H and O–H groups in total. The summed E-state index contributed by atoms with van der Waals surface area (Å²) < 4.78 is 5.30. The fraction of sp³-hybridized carbons (Fsp3) is 0.895. The van der Waals surface area contributed by atoms with Crippen molar-refractivity contribution in [2.45, 2.75) is 90.4 Å². The quantitative estimate of drug-likeness (QED) is 0.324. The highest BCUT2D eigenvalue weighted by Gasteiger charge is 2.07. The third-order valence-corrected chi connectivity index (χ3v) is 4.15. The molecule has 1 atom stereocenters. The summed E-state index contributed by atoms with van der Waals surface area (Å²) in [5.41, 5.74) is 0. The lowest BCUT2D eigenvalue weighted by atomic mass is 10.0. The van der Waals surface area contributed by atoms with Crippen molar-refractivity contribution >= 4 is 11.9 Å². The minimum atomic E-state index is -0.975. The van der Waals surface area contributed by atoms with Crippen molar-refractivity contribution in [2.24, 2.45) is 5.92 Å². The molecule has 0 aromatic carbocycles.